The fourth-order valence-electron chi connectivity index (χ4n) is 1.34. The van der Waals surface area contributed by atoms with Crippen molar-refractivity contribution in [3.63, 3.8) is 0 Å². The zero-order valence-electron chi connectivity index (χ0n) is 8.47. The van der Waals surface area contributed by atoms with Gasteiger partial charge in [0.1, 0.15) is 6.07 Å². The van der Waals surface area contributed by atoms with E-state index in [2.05, 4.69) is 4.98 Å². The molecule has 0 spiro atoms. The molecule has 0 aliphatic rings. The molecule has 1 aromatic heterocycles. The minimum Gasteiger partial charge on any atom is -0.358 e. The number of aromatic amines is 1. The van der Waals surface area contributed by atoms with E-state index in [4.69, 9.17) is 10.5 Å². The highest BCUT2D eigenvalue weighted by Gasteiger charge is 2.10. The molecule has 0 amide bonds. The predicted octanol–water partition coefficient (Wildman–Crippen LogP) is 2.37. The van der Waals surface area contributed by atoms with Gasteiger partial charge in [0.05, 0.1) is 17.3 Å². The summed E-state index contributed by atoms with van der Waals surface area (Å²) in [5.74, 6) is 0. The van der Waals surface area contributed by atoms with Gasteiger partial charge in [-0.3, -0.25) is 0 Å². The van der Waals surface area contributed by atoms with Crippen LogP contribution < -0.4 is 0 Å². The Bertz CT molecular complexity index is 464. The van der Waals surface area contributed by atoms with Crippen LogP contribution in [0.1, 0.15) is 22.5 Å². The van der Waals surface area contributed by atoms with E-state index < -0.39 is 0 Å². The lowest BCUT2D eigenvalue weighted by Crippen LogP contribution is -1.84. The molecule has 0 fully saturated rings. The molecule has 0 radical (unpaired) electrons. The molecule has 70 valence electrons. The van der Waals surface area contributed by atoms with Gasteiger partial charge in [-0.15, -0.1) is 0 Å². The maximum Gasteiger partial charge on any atom is 0.102 e. The quantitative estimate of drug-likeness (QED) is 0.682. The second kappa shape index (κ2) is 3.81. The number of aryl methyl sites for hydroxylation is 1. The van der Waals surface area contributed by atoms with Crippen LogP contribution in [0.5, 0.6) is 0 Å². The first-order valence-electron chi connectivity index (χ1n) is 4.27. The summed E-state index contributed by atoms with van der Waals surface area (Å²) in [6.07, 6.45) is 1.26. The van der Waals surface area contributed by atoms with E-state index in [-0.39, 0.29) is 0 Å². The second-order valence-corrected chi connectivity index (χ2v) is 3.17. The molecule has 0 atom stereocenters. The van der Waals surface area contributed by atoms with Crippen molar-refractivity contribution in [2.24, 2.45) is 0 Å². The average molecular weight is 185 g/mol. The number of aromatic nitrogens is 1. The Labute approximate surface area is 83.3 Å². The van der Waals surface area contributed by atoms with Crippen LogP contribution in [0, 0.1) is 43.4 Å². The van der Waals surface area contributed by atoms with E-state index in [9.17, 15) is 0 Å². The van der Waals surface area contributed by atoms with Gasteiger partial charge in [0.2, 0.25) is 0 Å². The zero-order chi connectivity index (χ0) is 10.7. The summed E-state index contributed by atoms with van der Waals surface area (Å²) in [5, 5.41) is 17.4. The third kappa shape index (κ3) is 1.53. The van der Waals surface area contributed by atoms with Gasteiger partial charge < -0.3 is 4.98 Å². The molecule has 0 bridgehead atoms. The summed E-state index contributed by atoms with van der Waals surface area (Å²) in [6, 6.07) is 3.88. The van der Waals surface area contributed by atoms with Crippen LogP contribution in [-0.2, 0) is 0 Å². The molecule has 14 heavy (non-hydrogen) atoms. The monoisotopic (exact) mass is 185 g/mol. The van der Waals surface area contributed by atoms with Gasteiger partial charge >= 0.3 is 0 Å². The Morgan fingerprint density at radius 3 is 2.21 bits per heavy atom. The highest BCUT2D eigenvalue weighted by atomic mass is 14.7. The van der Waals surface area contributed by atoms with E-state index in [0.717, 1.165) is 22.5 Å². The predicted molar refractivity (Wildman–Crippen MR) is 54.2 cm³/mol. The Morgan fingerprint density at radius 1 is 1.21 bits per heavy atom. The third-order valence-electron chi connectivity index (χ3n) is 2.41. The lowest BCUT2D eigenvalue weighted by molar-refractivity contribution is 1.21. The van der Waals surface area contributed by atoms with E-state index >= 15 is 0 Å². The first kappa shape index (κ1) is 10.1. The van der Waals surface area contributed by atoms with E-state index in [1.165, 1.54) is 6.08 Å². The van der Waals surface area contributed by atoms with Gasteiger partial charge in [-0.25, -0.2) is 0 Å². The minimum absolute atomic E-state index is 0.390. The lowest BCUT2D eigenvalue weighted by atomic mass is 10.1. The standard InChI is InChI=1S/C11H11N3/c1-7-8(2)11(14-9(7)3)10(6-13)4-5-12/h4,14H,1-3H3/b10-4+. The third-order valence-corrected chi connectivity index (χ3v) is 2.41. The zero-order valence-corrected chi connectivity index (χ0v) is 8.47. The Morgan fingerprint density at radius 2 is 1.86 bits per heavy atom. The van der Waals surface area contributed by atoms with Crippen LogP contribution in [-0.4, -0.2) is 4.98 Å². The fourth-order valence-corrected chi connectivity index (χ4v) is 1.34. The number of hydrogen-bond donors (Lipinski definition) is 1. The first-order valence-corrected chi connectivity index (χ1v) is 4.27. The van der Waals surface area contributed by atoms with Crippen LogP contribution in [0.2, 0.25) is 0 Å². The maximum absolute atomic E-state index is 8.85. The van der Waals surface area contributed by atoms with Crippen molar-refractivity contribution in [3.8, 4) is 12.1 Å². The van der Waals surface area contributed by atoms with Crippen LogP contribution >= 0.6 is 0 Å². The molecular weight excluding hydrogens is 174 g/mol. The number of nitriles is 2. The summed E-state index contributed by atoms with van der Waals surface area (Å²) in [5.41, 5.74) is 4.35. The Balaban J connectivity index is 3.35. The summed E-state index contributed by atoms with van der Waals surface area (Å²) in [7, 11) is 0. The number of nitrogens with one attached hydrogen (secondary N) is 1. The minimum atomic E-state index is 0.390. The highest BCUT2D eigenvalue weighted by Crippen LogP contribution is 2.22. The van der Waals surface area contributed by atoms with E-state index in [1.54, 1.807) is 0 Å². The molecule has 0 aromatic carbocycles. The molecule has 3 nitrogen and oxygen atoms in total. The number of nitrogens with zero attached hydrogens (tertiary/aromatic N) is 2. The van der Waals surface area contributed by atoms with Crippen LogP contribution in [0.4, 0.5) is 0 Å². The fraction of sp³-hybridized carbons (Fsp3) is 0.273. The van der Waals surface area contributed by atoms with Gasteiger partial charge in [0.25, 0.3) is 0 Å². The average Bonchev–Trinajstić information content (AvgIpc) is 2.42. The molecule has 3 heteroatoms. The normalized spacial score (nSPS) is 10.8. The van der Waals surface area contributed by atoms with Gasteiger partial charge in [-0.2, -0.15) is 10.5 Å². The van der Waals surface area contributed by atoms with Crippen molar-refractivity contribution in [1.29, 1.82) is 10.5 Å². The molecule has 0 unspecified atom stereocenters. The van der Waals surface area contributed by atoms with Crippen LogP contribution in [0.25, 0.3) is 5.57 Å². The van der Waals surface area contributed by atoms with Gasteiger partial charge in [-0.1, -0.05) is 0 Å². The second-order valence-electron chi connectivity index (χ2n) is 3.17. The number of rotatable bonds is 1. The first-order chi connectivity index (χ1) is 6.61. The number of allylic oxidation sites excluding steroid dienone is 2. The summed E-state index contributed by atoms with van der Waals surface area (Å²) in [4.78, 5) is 3.11. The molecule has 0 saturated carbocycles. The molecule has 1 rings (SSSR count). The molecule has 1 N–H and O–H groups in total. The number of H-pyrrole nitrogens is 1. The van der Waals surface area contributed by atoms with Crippen molar-refractivity contribution < 1.29 is 0 Å². The van der Waals surface area contributed by atoms with Gasteiger partial charge in [0, 0.05) is 11.8 Å². The topological polar surface area (TPSA) is 63.4 Å². The van der Waals surface area contributed by atoms with E-state index in [0.29, 0.717) is 5.57 Å². The SMILES string of the molecule is Cc1[nH]c(/C(C#N)=C/C#N)c(C)c1C. The largest absolute Gasteiger partial charge is 0.358 e. The molecule has 0 aliphatic carbocycles. The highest BCUT2D eigenvalue weighted by molar-refractivity contribution is 5.78. The molecule has 1 aromatic rings. The smallest absolute Gasteiger partial charge is 0.102 e. The van der Waals surface area contributed by atoms with Crippen molar-refractivity contribution in [3.05, 3.63) is 28.6 Å². The van der Waals surface area contributed by atoms with Crippen LogP contribution in [0.15, 0.2) is 6.08 Å². The Kier molecular flexibility index (Phi) is 2.74. The van der Waals surface area contributed by atoms with Crippen molar-refractivity contribution >= 4 is 5.57 Å². The van der Waals surface area contributed by atoms with Crippen molar-refractivity contribution in [1.82, 2.24) is 4.98 Å². The van der Waals surface area contributed by atoms with Crippen molar-refractivity contribution in [2.75, 3.05) is 0 Å². The summed E-state index contributed by atoms with van der Waals surface area (Å²) < 4.78 is 0. The summed E-state index contributed by atoms with van der Waals surface area (Å²) in [6.45, 7) is 5.88. The van der Waals surface area contributed by atoms with E-state index in [1.807, 2.05) is 32.9 Å². The van der Waals surface area contributed by atoms with Gasteiger partial charge in [-0.05, 0) is 31.9 Å². The molecule has 1 heterocycles. The van der Waals surface area contributed by atoms with Crippen molar-refractivity contribution in [2.45, 2.75) is 20.8 Å². The maximum atomic E-state index is 8.85. The summed E-state index contributed by atoms with van der Waals surface area (Å²) >= 11 is 0. The Hall–Kier alpha value is -2.00. The lowest BCUT2D eigenvalue weighted by Gasteiger charge is -1.95. The molecule has 0 saturated heterocycles. The van der Waals surface area contributed by atoms with Gasteiger partial charge in [0.15, 0.2) is 0 Å². The number of hydrogen-bond acceptors (Lipinski definition) is 2. The molecule has 0 aliphatic heterocycles. The molecular formula is C11H11N3. The van der Waals surface area contributed by atoms with Crippen LogP contribution in [0.3, 0.4) is 0 Å².